The Labute approximate surface area is 95.9 Å². The number of carbonyl (C=O) groups is 1. The molecule has 16 heavy (non-hydrogen) atoms. The van der Waals surface area contributed by atoms with Crippen molar-refractivity contribution in [2.24, 2.45) is 5.73 Å². The van der Waals surface area contributed by atoms with Crippen molar-refractivity contribution in [1.29, 1.82) is 0 Å². The van der Waals surface area contributed by atoms with Gasteiger partial charge in [0.15, 0.2) is 5.78 Å². The fourth-order valence-corrected chi connectivity index (χ4v) is 1.50. The third-order valence-corrected chi connectivity index (χ3v) is 2.38. The van der Waals surface area contributed by atoms with Crippen molar-refractivity contribution in [2.75, 3.05) is 7.11 Å². The molecule has 1 rings (SSSR count). The second kappa shape index (κ2) is 5.47. The van der Waals surface area contributed by atoms with Gasteiger partial charge in [0.2, 0.25) is 0 Å². The van der Waals surface area contributed by atoms with E-state index in [2.05, 4.69) is 6.58 Å². The molecule has 0 aliphatic heterocycles. The van der Waals surface area contributed by atoms with Crippen molar-refractivity contribution in [1.82, 2.24) is 0 Å². The van der Waals surface area contributed by atoms with Crippen LogP contribution >= 0.6 is 0 Å². The van der Waals surface area contributed by atoms with Crippen LogP contribution in [0.25, 0.3) is 0 Å². The Hall–Kier alpha value is -1.61. The monoisotopic (exact) mass is 219 g/mol. The summed E-state index contributed by atoms with van der Waals surface area (Å²) in [5.74, 6) is 0.454. The van der Waals surface area contributed by atoms with Crippen LogP contribution < -0.4 is 10.5 Å². The summed E-state index contributed by atoms with van der Waals surface area (Å²) in [6.45, 7) is 5.50. The number of ketones is 1. The molecule has 0 fully saturated rings. The Kier molecular flexibility index (Phi) is 4.26. The molecule has 0 amide bonds. The first kappa shape index (κ1) is 12.5. The lowest BCUT2D eigenvalue weighted by Crippen LogP contribution is -2.30. The summed E-state index contributed by atoms with van der Waals surface area (Å²) in [6, 6.07) is 4.93. The zero-order valence-electron chi connectivity index (χ0n) is 9.69. The Bertz CT molecular complexity index is 399. The quantitative estimate of drug-likeness (QED) is 0.609. The first-order valence-corrected chi connectivity index (χ1v) is 5.15. The van der Waals surface area contributed by atoms with E-state index in [0.717, 1.165) is 5.56 Å². The predicted octanol–water partition coefficient (Wildman–Crippen LogP) is 2.09. The minimum absolute atomic E-state index is 0.111. The van der Waals surface area contributed by atoms with Gasteiger partial charge in [-0.25, -0.2) is 0 Å². The highest BCUT2D eigenvalue weighted by atomic mass is 16.5. The normalized spacial score (nSPS) is 11.9. The van der Waals surface area contributed by atoms with Gasteiger partial charge < -0.3 is 10.5 Å². The molecule has 0 spiro atoms. The topological polar surface area (TPSA) is 52.3 Å². The molecule has 0 aromatic heterocycles. The maximum atomic E-state index is 12.0. The second-order valence-electron chi connectivity index (χ2n) is 3.70. The molecule has 2 N–H and O–H groups in total. The van der Waals surface area contributed by atoms with E-state index in [4.69, 9.17) is 10.5 Å². The molecule has 86 valence electrons. The van der Waals surface area contributed by atoms with Crippen molar-refractivity contribution in [3.05, 3.63) is 42.0 Å². The first-order chi connectivity index (χ1) is 7.60. The number of methoxy groups -OCH3 is 1. The molecule has 1 aromatic rings. The van der Waals surface area contributed by atoms with Crippen LogP contribution in [0.4, 0.5) is 0 Å². The van der Waals surface area contributed by atoms with Crippen LogP contribution in [-0.4, -0.2) is 18.9 Å². The van der Waals surface area contributed by atoms with Crippen LogP contribution in [0, 0.1) is 6.92 Å². The van der Waals surface area contributed by atoms with E-state index in [1.54, 1.807) is 25.3 Å². The minimum Gasteiger partial charge on any atom is -0.496 e. The van der Waals surface area contributed by atoms with E-state index in [0.29, 0.717) is 17.7 Å². The summed E-state index contributed by atoms with van der Waals surface area (Å²) >= 11 is 0. The van der Waals surface area contributed by atoms with Crippen LogP contribution in [0.3, 0.4) is 0 Å². The summed E-state index contributed by atoms with van der Waals surface area (Å²) in [6.07, 6.45) is 2.11. The van der Waals surface area contributed by atoms with Gasteiger partial charge in [0.05, 0.1) is 18.7 Å². The van der Waals surface area contributed by atoms with Crippen LogP contribution in [0.5, 0.6) is 5.75 Å². The van der Waals surface area contributed by atoms with Crippen LogP contribution in [-0.2, 0) is 0 Å². The van der Waals surface area contributed by atoms with E-state index in [-0.39, 0.29) is 5.78 Å². The van der Waals surface area contributed by atoms with Gasteiger partial charge in [0.25, 0.3) is 0 Å². The SMILES string of the molecule is C=CCC(N)C(=O)c1cc(C)ccc1OC. The van der Waals surface area contributed by atoms with Gasteiger partial charge in [-0.05, 0) is 25.5 Å². The Morgan fingerprint density at radius 2 is 2.31 bits per heavy atom. The molecule has 0 saturated carbocycles. The van der Waals surface area contributed by atoms with Crippen molar-refractivity contribution in [3.63, 3.8) is 0 Å². The van der Waals surface area contributed by atoms with E-state index in [9.17, 15) is 4.79 Å². The molecule has 0 aliphatic carbocycles. The molecule has 3 nitrogen and oxygen atoms in total. The van der Waals surface area contributed by atoms with Crippen molar-refractivity contribution in [2.45, 2.75) is 19.4 Å². The number of aryl methyl sites for hydroxylation is 1. The van der Waals surface area contributed by atoms with Gasteiger partial charge in [-0.1, -0.05) is 17.7 Å². The van der Waals surface area contributed by atoms with Crippen molar-refractivity contribution < 1.29 is 9.53 Å². The lowest BCUT2D eigenvalue weighted by Gasteiger charge is -2.12. The molecule has 0 aliphatic rings. The average Bonchev–Trinajstić information content (AvgIpc) is 2.28. The summed E-state index contributed by atoms with van der Waals surface area (Å²) in [4.78, 5) is 12.0. The average molecular weight is 219 g/mol. The highest BCUT2D eigenvalue weighted by Gasteiger charge is 2.18. The van der Waals surface area contributed by atoms with Crippen LogP contribution in [0.1, 0.15) is 22.3 Å². The lowest BCUT2D eigenvalue weighted by atomic mass is 10.00. The molecule has 1 atom stereocenters. The van der Waals surface area contributed by atoms with Crippen LogP contribution in [0.15, 0.2) is 30.9 Å². The predicted molar refractivity (Wildman–Crippen MR) is 64.9 cm³/mol. The maximum Gasteiger partial charge on any atom is 0.183 e. The minimum atomic E-state index is -0.548. The number of carbonyl (C=O) groups excluding carboxylic acids is 1. The molecular weight excluding hydrogens is 202 g/mol. The summed E-state index contributed by atoms with van der Waals surface area (Å²) < 4.78 is 5.15. The van der Waals surface area contributed by atoms with Gasteiger partial charge in [0, 0.05) is 0 Å². The standard InChI is InChI=1S/C13H17NO2/c1-4-5-11(14)13(15)10-8-9(2)6-7-12(10)16-3/h4,6-8,11H,1,5,14H2,2-3H3. The molecule has 0 bridgehead atoms. The number of ether oxygens (including phenoxy) is 1. The van der Waals surface area contributed by atoms with Crippen molar-refractivity contribution in [3.8, 4) is 5.75 Å². The highest BCUT2D eigenvalue weighted by Crippen LogP contribution is 2.21. The third kappa shape index (κ3) is 2.70. The zero-order chi connectivity index (χ0) is 12.1. The molecule has 3 heteroatoms. The van der Waals surface area contributed by atoms with Gasteiger partial charge in [-0.15, -0.1) is 6.58 Å². The van der Waals surface area contributed by atoms with E-state index >= 15 is 0 Å². The first-order valence-electron chi connectivity index (χ1n) is 5.15. The Morgan fingerprint density at radius 3 is 2.88 bits per heavy atom. The Balaban J connectivity index is 3.05. The molecule has 0 radical (unpaired) electrons. The van der Waals surface area contributed by atoms with Gasteiger partial charge in [-0.3, -0.25) is 4.79 Å². The summed E-state index contributed by atoms with van der Waals surface area (Å²) in [5, 5.41) is 0. The largest absolute Gasteiger partial charge is 0.496 e. The van der Waals surface area contributed by atoms with Gasteiger partial charge in [0.1, 0.15) is 5.75 Å². The third-order valence-electron chi connectivity index (χ3n) is 2.38. The second-order valence-corrected chi connectivity index (χ2v) is 3.70. The lowest BCUT2D eigenvalue weighted by molar-refractivity contribution is 0.0959. The highest BCUT2D eigenvalue weighted by molar-refractivity contribution is 6.02. The van der Waals surface area contributed by atoms with Gasteiger partial charge in [-0.2, -0.15) is 0 Å². The van der Waals surface area contributed by atoms with E-state index < -0.39 is 6.04 Å². The number of hydrogen-bond donors (Lipinski definition) is 1. The number of benzene rings is 1. The van der Waals surface area contributed by atoms with Gasteiger partial charge >= 0.3 is 0 Å². The number of nitrogens with two attached hydrogens (primary N) is 1. The van der Waals surface area contributed by atoms with Crippen molar-refractivity contribution >= 4 is 5.78 Å². The smallest absolute Gasteiger partial charge is 0.183 e. The number of hydrogen-bond acceptors (Lipinski definition) is 3. The van der Waals surface area contributed by atoms with Crippen LogP contribution in [0.2, 0.25) is 0 Å². The van der Waals surface area contributed by atoms with E-state index in [1.165, 1.54) is 0 Å². The Morgan fingerprint density at radius 1 is 1.62 bits per heavy atom. The fraction of sp³-hybridized carbons (Fsp3) is 0.308. The molecule has 1 aromatic carbocycles. The fourth-order valence-electron chi connectivity index (χ4n) is 1.50. The molecule has 0 saturated heterocycles. The van der Waals surface area contributed by atoms with E-state index in [1.807, 2.05) is 13.0 Å². The molecular formula is C13H17NO2. The summed E-state index contributed by atoms with van der Waals surface area (Å²) in [7, 11) is 1.54. The summed E-state index contributed by atoms with van der Waals surface area (Å²) in [5.41, 5.74) is 7.31. The number of rotatable bonds is 5. The zero-order valence-corrected chi connectivity index (χ0v) is 9.69. The number of Topliss-reactive ketones (excluding diaryl/α,β-unsaturated/α-hetero) is 1. The molecule has 1 unspecified atom stereocenters. The maximum absolute atomic E-state index is 12.0. The molecule has 0 heterocycles.